The van der Waals surface area contributed by atoms with Crippen LogP contribution in [0.2, 0.25) is 0 Å². The number of carboxylic acid groups (broad SMARTS) is 1. The highest BCUT2D eigenvalue weighted by Crippen LogP contribution is 2.16. The SMILES string of the molecule is Nc1ccc(C(=O)O)c(-n2cn[nH]c2=O)c1. The van der Waals surface area contributed by atoms with Gasteiger partial charge in [-0.05, 0) is 18.2 Å². The Morgan fingerprint density at radius 1 is 1.50 bits per heavy atom. The zero-order valence-electron chi connectivity index (χ0n) is 8.04. The number of H-pyrrole nitrogens is 1. The molecular weight excluding hydrogens is 212 g/mol. The molecule has 0 aliphatic carbocycles. The summed E-state index contributed by atoms with van der Waals surface area (Å²) in [5.74, 6) is -1.14. The van der Waals surface area contributed by atoms with Crippen LogP contribution in [0.4, 0.5) is 5.69 Å². The molecular formula is C9H8N4O3. The van der Waals surface area contributed by atoms with Crippen LogP contribution in [-0.2, 0) is 0 Å². The van der Waals surface area contributed by atoms with Gasteiger partial charge in [-0.2, -0.15) is 5.10 Å². The molecule has 1 aromatic heterocycles. The van der Waals surface area contributed by atoms with Crippen LogP contribution in [0.1, 0.15) is 10.4 Å². The molecule has 0 unspecified atom stereocenters. The van der Waals surface area contributed by atoms with Crippen molar-refractivity contribution in [2.45, 2.75) is 0 Å². The van der Waals surface area contributed by atoms with Crippen LogP contribution >= 0.6 is 0 Å². The van der Waals surface area contributed by atoms with Crippen molar-refractivity contribution in [1.29, 1.82) is 0 Å². The first-order chi connectivity index (χ1) is 7.59. The van der Waals surface area contributed by atoms with Gasteiger partial charge in [-0.25, -0.2) is 19.3 Å². The first-order valence-corrected chi connectivity index (χ1v) is 4.35. The van der Waals surface area contributed by atoms with Gasteiger partial charge in [0.15, 0.2) is 0 Å². The molecule has 0 aliphatic heterocycles. The molecule has 16 heavy (non-hydrogen) atoms. The van der Waals surface area contributed by atoms with E-state index in [9.17, 15) is 9.59 Å². The zero-order valence-corrected chi connectivity index (χ0v) is 8.04. The largest absolute Gasteiger partial charge is 0.478 e. The third-order valence-corrected chi connectivity index (χ3v) is 2.06. The molecule has 2 rings (SSSR count). The van der Waals surface area contributed by atoms with Crippen LogP contribution in [0.25, 0.3) is 5.69 Å². The van der Waals surface area contributed by atoms with Crippen molar-refractivity contribution in [3.05, 3.63) is 40.6 Å². The Hall–Kier alpha value is -2.57. The monoisotopic (exact) mass is 220 g/mol. The number of anilines is 1. The second kappa shape index (κ2) is 3.54. The van der Waals surface area contributed by atoms with Crippen molar-refractivity contribution in [2.24, 2.45) is 0 Å². The van der Waals surface area contributed by atoms with Gasteiger partial charge < -0.3 is 10.8 Å². The van der Waals surface area contributed by atoms with Crippen molar-refractivity contribution in [3.63, 3.8) is 0 Å². The van der Waals surface area contributed by atoms with E-state index in [0.717, 1.165) is 4.57 Å². The Balaban J connectivity index is 2.72. The molecule has 0 bridgehead atoms. The number of nitrogen functional groups attached to an aromatic ring is 1. The molecule has 0 spiro atoms. The molecule has 1 aromatic carbocycles. The topological polar surface area (TPSA) is 114 Å². The lowest BCUT2D eigenvalue weighted by atomic mass is 10.1. The molecule has 7 heteroatoms. The van der Waals surface area contributed by atoms with Gasteiger partial charge in [0.2, 0.25) is 0 Å². The number of hydrogen-bond donors (Lipinski definition) is 3. The minimum atomic E-state index is -1.14. The first-order valence-electron chi connectivity index (χ1n) is 4.35. The fraction of sp³-hybridized carbons (Fsp3) is 0. The Labute approximate surface area is 89.1 Å². The summed E-state index contributed by atoms with van der Waals surface area (Å²) in [4.78, 5) is 22.3. The van der Waals surface area contributed by atoms with E-state index < -0.39 is 11.7 Å². The summed E-state index contributed by atoms with van der Waals surface area (Å²) < 4.78 is 1.08. The summed E-state index contributed by atoms with van der Waals surface area (Å²) in [5.41, 5.74) is 5.56. The standard InChI is InChI=1S/C9H8N4O3/c10-5-1-2-6(8(14)15)7(3-5)13-4-11-12-9(13)16/h1-4H,10H2,(H,12,16)(H,14,15). The molecule has 1 heterocycles. The molecule has 82 valence electrons. The second-order valence-electron chi connectivity index (χ2n) is 3.11. The van der Waals surface area contributed by atoms with Crippen molar-refractivity contribution >= 4 is 11.7 Å². The normalized spacial score (nSPS) is 10.2. The van der Waals surface area contributed by atoms with E-state index in [1.54, 1.807) is 0 Å². The van der Waals surface area contributed by atoms with E-state index in [0.29, 0.717) is 5.69 Å². The number of rotatable bonds is 2. The van der Waals surface area contributed by atoms with E-state index in [4.69, 9.17) is 10.8 Å². The van der Waals surface area contributed by atoms with Crippen LogP contribution in [0.15, 0.2) is 29.3 Å². The average Bonchev–Trinajstić information content (AvgIpc) is 2.63. The molecule has 0 atom stereocenters. The number of benzene rings is 1. The van der Waals surface area contributed by atoms with Gasteiger partial charge in [-0.15, -0.1) is 0 Å². The number of nitrogens with zero attached hydrogens (tertiary/aromatic N) is 2. The second-order valence-corrected chi connectivity index (χ2v) is 3.11. The van der Waals surface area contributed by atoms with E-state index in [2.05, 4.69) is 10.2 Å². The van der Waals surface area contributed by atoms with E-state index >= 15 is 0 Å². The molecule has 7 nitrogen and oxygen atoms in total. The highest BCUT2D eigenvalue weighted by molar-refractivity contribution is 5.92. The first kappa shape index (κ1) is 9.97. The number of nitrogens with one attached hydrogen (secondary N) is 1. The van der Waals surface area contributed by atoms with Gasteiger partial charge in [0.25, 0.3) is 0 Å². The summed E-state index contributed by atoms with van der Waals surface area (Å²) >= 11 is 0. The molecule has 0 saturated heterocycles. The van der Waals surface area contributed by atoms with Crippen molar-refractivity contribution < 1.29 is 9.90 Å². The highest BCUT2D eigenvalue weighted by atomic mass is 16.4. The number of carboxylic acids is 1. The molecule has 2 aromatic rings. The number of carbonyl (C=O) groups is 1. The lowest BCUT2D eigenvalue weighted by Crippen LogP contribution is -2.17. The van der Waals surface area contributed by atoms with Gasteiger partial charge >= 0.3 is 11.7 Å². The summed E-state index contributed by atoms with van der Waals surface area (Å²) in [6.45, 7) is 0. The third-order valence-electron chi connectivity index (χ3n) is 2.06. The Kier molecular flexibility index (Phi) is 2.20. The van der Waals surface area contributed by atoms with Crippen LogP contribution < -0.4 is 11.4 Å². The van der Waals surface area contributed by atoms with E-state index in [1.165, 1.54) is 24.5 Å². The lowest BCUT2D eigenvalue weighted by Gasteiger charge is -2.05. The minimum absolute atomic E-state index is 0.0160. The lowest BCUT2D eigenvalue weighted by molar-refractivity contribution is 0.0697. The average molecular weight is 220 g/mol. The van der Waals surface area contributed by atoms with Gasteiger partial charge in [0.1, 0.15) is 6.33 Å². The van der Waals surface area contributed by atoms with Gasteiger partial charge in [-0.3, -0.25) is 0 Å². The molecule has 0 amide bonds. The smallest absolute Gasteiger partial charge is 0.347 e. The summed E-state index contributed by atoms with van der Waals surface area (Å²) in [6, 6.07) is 4.20. The van der Waals surface area contributed by atoms with Crippen molar-refractivity contribution in [2.75, 3.05) is 5.73 Å². The summed E-state index contributed by atoms with van der Waals surface area (Å²) in [5, 5.41) is 14.7. The Morgan fingerprint density at radius 3 is 2.81 bits per heavy atom. The van der Waals surface area contributed by atoms with Crippen molar-refractivity contribution in [1.82, 2.24) is 14.8 Å². The summed E-state index contributed by atoms with van der Waals surface area (Å²) in [6.07, 6.45) is 1.20. The maximum Gasteiger partial charge on any atom is 0.347 e. The molecule has 0 radical (unpaired) electrons. The zero-order chi connectivity index (χ0) is 11.7. The number of nitrogens with two attached hydrogens (primary N) is 1. The Bertz CT molecular complexity index is 599. The molecule has 0 aliphatic rings. The maximum absolute atomic E-state index is 11.3. The van der Waals surface area contributed by atoms with E-state index in [-0.39, 0.29) is 11.3 Å². The Morgan fingerprint density at radius 2 is 2.25 bits per heavy atom. The fourth-order valence-electron chi connectivity index (χ4n) is 1.35. The molecule has 4 N–H and O–H groups in total. The predicted molar refractivity (Wildman–Crippen MR) is 55.6 cm³/mol. The van der Waals surface area contributed by atoms with Gasteiger partial charge in [-0.1, -0.05) is 0 Å². The van der Waals surface area contributed by atoms with Gasteiger partial charge in [0, 0.05) is 5.69 Å². The van der Waals surface area contributed by atoms with Crippen LogP contribution in [0.3, 0.4) is 0 Å². The predicted octanol–water partition coefficient (Wildman–Crippen LogP) is -0.159. The van der Waals surface area contributed by atoms with Gasteiger partial charge in [0.05, 0.1) is 11.3 Å². The number of aromatic amines is 1. The number of aromatic carboxylic acids is 1. The quantitative estimate of drug-likeness (QED) is 0.608. The summed E-state index contributed by atoms with van der Waals surface area (Å²) in [7, 11) is 0. The minimum Gasteiger partial charge on any atom is -0.478 e. The number of hydrogen-bond acceptors (Lipinski definition) is 4. The van der Waals surface area contributed by atoms with Crippen molar-refractivity contribution in [3.8, 4) is 5.69 Å². The highest BCUT2D eigenvalue weighted by Gasteiger charge is 2.13. The fourth-order valence-corrected chi connectivity index (χ4v) is 1.35. The molecule has 0 fully saturated rings. The third kappa shape index (κ3) is 1.54. The van der Waals surface area contributed by atoms with Crippen LogP contribution in [0.5, 0.6) is 0 Å². The van der Waals surface area contributed by atoms with E-state index in [1.807, 2.05) is 0 Å². The van der Waals surface area contributed by atoms with Crippen LogP contribution in [0, 0.1) is 0 Å². The molecule has 0 saturated carbocycles. The maximum atomic E-state index is 11.3. The number of aromatic nitrogens is 3. The van der Waals surface area contributed by atoms with Crippen LogP contribution in [-0.4, -0.2) is 25.8 Å².